The number of halogens is 1. The van der Waals surface area contributed by atoms with E-state index < -0.39 is 5.92 Å². The third-order valence-electron chi connectivity index (χ3n) is 3.04. The summed E-state index contributed by atoms with van der Waals surface area (Å²) in [5, 5.41) is 0.605. The van der Waals surface area contributed by atoms with E-state index in [0.717, 1.165) is 11.4 Å². The number of carbonyl (C=O) groups is 1. The summed E-state index contributed by atoms with van der Waals surface area (Å²) in [5.74, 6) is 0.183. The maximum Gasteiger partial charge on any atom is 0.314 e. The molecule has 2 aromatic rings. The molecule has 19 heavy (non-hydrogen) atoms. The summed E-state index contributed by atoms with van der Waals surface area (Å²) < 4.78 is 6.80. The van der Waals surface area contributed by atoms with E-state index in [1.165, 1.54) is 7.11 Å². The van der Waals surface area contributed by atoms with Crippen molar-refractivity contribution < 1.29 is 9.53 Å². The minimum atomic E-state index is -0.392. The molecule has 1 atom stereocenters. The minimum Gasteiger partial charge on any atom is -0.468 e. The third-order valence-corrected chi connectivity index (χ3v) is 3.27. The minimum absolute atomic E-state index is 0.282. The van der Waals surface area contributed by atoms with E-state index in [4.69, 9.17) is 16.3 Å². The zero-order valence-electron chi connectivity index (χ0n) is 10.8. The summed E-state index contributed by atoms with van der Waals surface area (Å²) in [6.45, 7) is 2.38. The van der Waals surface area contributed by atoms with Crippen molar-refractivity contribution in [2.24, 2.45) is 0 Å². The monoisotopic (exact) mass is 278 g/mol. The molecule has 0 N–H and O–H groups in total. The van der Waals surface area contributed by atoms with E-state index in [0.29, 0.717) is 11.6 Å². The van der Waals surface area contributed by atoms with Gasteiger partial charge in [-0.3, -0.25) is 4.79 Å². The number of esters is 1. The highest BCUT2D eigenvalue weighted by atomic mass is 35.5. The fraction of sp³-hybridized carbons (Fsp3) is 0.286. The second-order valence-corrected chi connectivity index (χ2v) is 4.69. The lowest BCUT2D eigenvalue weighted by Crippen LogP contribution is -2.20. The quantitative estimate of drug-likeness (QED) is 0.808. The van der Waals surface area contributed by atoms with Crippen molar-refractivity contribution in [3.8, 4) is 0 Å². The number of aryl methyl sites for hydroxylation is 1. The van der Waals surface area contributed by atoms with Gasteiger partial charge >= 0.3 is 5.97 Å². The van der Waals surface area contributed by atoms with Crippen molar-refractivity contribution in [1.82, 2.24) is 9.55 Å². The Morgan fingerprint density at radius 3 is 2.89 bits per heavy atom. The number of aromatic nitrogens is 2. The molecule has 0 amide bonds. The highest BCUT2D eigenvalue weighted by Crippen LogP contribution is 2.23. The van der Waals surface area contributed by atoms with Gasteiger partial charge in [-0.2, -0.15) is 0 Å². The smallest absolute Gasteiger partial charge is 0.314 e. The number of hydrogen-bond acceptors (Lipinski definition) is 3. The highest BCUT2D eigenvalue weighted by molar-refractivity contribution is 6.30. The molecule has 0 fully saturated rings. The van der Waals surface area contributed by atoms with Crippen molar-refractivity contribution in [1.29, 1.82) is 0 Å². The van der Waals surface area contributed by atoms with Gasteiger partial charge < -0.3 is 9.30 Å². The fourth-order valence-corrected chi connectivity index (χ4v) is 2.17. The lowest BCUT2D eigenvalue weighted by atomic mass is 9.99. The molecule has 100 valence electrons. The molecule has 1 heterocycles. The maximum atomic E-state index is 12.0. The van der Waals surface area contributed by atoms with Crippen LogP contribution >= 0.6 is 11.6 Å². The summed E-state index contributed by atoms with van der Waals surface area (Å²) >= 11 is 5.98. The van der Waals surface area contributed by atoms with Crippen LogP contribution in [0.5, 0.6) is 0 Å². The normalized spacial score (nSPS) is 12.2. The lowest BCUT2D eigenvalue weighted by Gasteiger charge is -2.16. The molecule has 0 aliphatic heterocycles. The summed E-state index contributed by atoms with van der Waals surface area (Å²) in [5.41, 5.74) is 0.840. The largest absolute Gasteiger partial charge is 0.468 e. The molecule has 0 saturated heterocycles. The van der Waals surface area contributed by atoms with Gasteiger partial charge in [0, 0.05) is 24.0 Å². The van der Waals surface area contributed by atoms with Crippen molar-refractivity contribution >= 4 is 17.6 Å². The Bertz CT molecular complexity index is 580. The number of hydrogen-bond donors (Lipinski definition) is 0. The number of carbonyl (C=O) groups excluding carboxylic acids is 1. The zero-order chi connectivity index (χ0) is 13.8. The van der Waals surface area contributed by atoms with Gasteiger partial charge in [-0.25, -0.2) is 4.98 Å². The van der Waals surface area contributed by atoms with Gasteiger partial charge in [0.05, 0.1) is 13.0 Å². The lowest BCUT2D eigenvalue weighted by molar-refractivity contribution is -0.142. The first-order chi connectivity index (χ1) is 9.11. The summed E-state index contributed by atoms with van der Waals surface area (Å²) in [4.78, 5) is 16.1. The predicted molar refractivity (Wildman–Crippen MR) is 73.2 cm³/mol. The molecule has 0 aliphatic carbocycles. The topological polar surface area (TPSA) is 44.1 Å². The molecule has 1 aromatic heterocycles. The van der Waals surface area contributed by atoms with Crippen LogP contribution < -0.4 is 0 Å². The zero-order valence-corrected chi connectivity index (χ0v) is 11.6. The molecule has 1 aromatic carbocycles. The van der Waals surface area contributed by atoms with Crippen LogP contribution in [0.3, 0.4) is 0 Å². The predicted octanol–water partition coefficient (Wildman–Crippen LogP) is 2.80. The summed E-state index contributed by atoms with van der Waals surface area (Å²) in [7, 11) is 1.39. The fourth-order valence-electron chi connectivity index (χ4n) is 1.97. The van der Waals surface area contributed by atoms with Gasteiger partial charge in [0.1, 0.15) is 5.82 Å². The van der Waals surface area contributed by atoms with Gasteiger partial charge in [-0.05, 0) is 24.6 Å². The van der Waals surface area contributed by atoms with Crippen molar-refractivity contribution in [2.75, 3.05) is 7.11 Å². The van der Waals surface area contributed by atoms with Crippen molar-refractivity contribution in [2.45, 2.75) is 19.4 Å². The SMILES string of the molecule is COC(=O)[C@H](Cn1ccnc1C)c1cccc(Cl)c1. The van der Waals surface area contributed by atoms with Crippen LogP contribution in [-0.4, -0.2) is 22.6 Å². The summed E-state index contributed by atoms with van der Waals surface area (Å²) in [6.07, 6.45) is 3.55. The Labute approximate surface area is 117 Å². The van der Waals surface area contributed by atoms with Gasteiger partial charge in [0.15, 0.2) is 0 Å². The molecular formula is C14H15ClN2O2. The van der Waals surface area contributed by atoms with E-state index >= 15 is 0 Å². The molecule has 5 heteroatoms. The van der Waals surface area contributed by atoms with Crippen molar-refractivity contribution in [3.05, 3.63) is 53.1 Å². The van der Waals surface area contributed by atoms with Gasteiger partial charge in [-0.1, -0.05) is 23.7 Å². The Morgan fingerprint density at radius 2 is 2.32 bits per heavy atom. The molecule has 0 spiro atoms. The van der Waals surface area contributed by atoms with Crippen molar-refractivity contribution in [3.63, 3.8) is 0 Å². The van der Waals surface area contributed by atoms with Crippen LogP contribution in [0.1, 0.15) is 17.3 Å². The second kappa shape index (κ2) is 5.89. The highest BCUT2D eigenvalue weighted by Gasteiger charge is 2.22. The van der Waals surface area contributed by atoms with Crippen LogP contribution in [-0.2, 0) is 16.1 Å². The Hall–Kier alpha value is -1.81. The van der Waals surface area contributed by atoms with Crippen LogP contribution in [0.4, 0.5) is 0 Å². The molecule has 0 bridgehead atoms. The standard InChI is InChI=1S/C14H15ClN2O2/c1-10-16-6-7-17(10)9-13(14(18)19-2)11-4-3-5-12(15)8-11/h3-8,13H,9H2,1-2H3/t13-/m1/s1. The summed E-state index contributed by atoms with van der Waals surface area (Å²) in [6, 6.07) is 7.27. The number of methoxy groups -OCH3 is 1. The van der Waals surface area contributed by atoms with Crippen LogP contribution in [0.2, 0.25) is 5.02 Å². The molecule has 0 aliphatic rings. The van der Waals surface area contributed by atoms with E-state index in [1.54, 1.807) is 18.3 Å². The number of imidazole rings is 1. The number of rotatable bonds is 4. The van der Waals surface area contributed by atoms with E-state index in [1.807, 2.05) is 29.8 Å². The first-order valence-corrected chi connectivity index (χ1v) is 6.30. The van der Waals surface area contributed by atoms with Gasteiger partial charge in [0.25, 0.3) is 0 Å². The third kappa shape index (κ3) is 3.15. The molecule has 0 radical (unpaired) electrons. The number of nitrogens with zero attached hydrogens (tertiary/aromatic N) is 2. The van der Waals surface area contributed by atoms with E-state index in [9.17, 15) is 4.79 Å². The average Bonchev–Trinajstić information content (AvgIpc) is 2.80. The van der Waals surface area contributed by atoms with E-state index in [-0.39, 0.29) is 5.97 Å². The number of benzene rings is 1. The Kier molecular flexibility index (Phi) is 4.22. The van der Waals surface area contributed by atoms with Gasteiger partial charge in [0.2, 0.25) is 0 Å². The Morgan fingerprint density at radius 1 is 1.53 bits per heavy atom. The second-order valence-electron chi connectivity index (χ2n) is 4.26. The van der Waals surface area contributed by atoms with Crippen LogP contribution in [0, 0.1) is 6.92 Å². The average molecular weight is 279 g/mol. The molecule has 0 unspecified atom stereocenters. The first-order valence-electron chi connectivity index (χ1n) is 5.93. The Balaban J connectivity index is 2.31. The molecular weight excluding hydrogens is 264 g/mol. The maximum absolute atomic E-state index is 12.0. The van der Waals surface area contributed by atoms with Gasteiger partial charge in [-0.15, -0.1) is 0 Å². The first kappa shape index (κ1) is 13.6. The van der Waals surface area contributed by atoms with Crippen LogP contribution in [0.25, 0.3) is 0 Å². The molecule has 0 saturated carbocycles. The van der Waals surface area contributed by atoms with E-state index in [2.05, 4.69) is 4.98 Å². The number of ether oxygens (including phenoxy) is 1. The molecule has 2 rings (SSSR count). The molecule has 4 nitrogen and oxygen atoms in total. The van der Waals surface area contributed by atoms with Crippen LogP contribution in [0.15, 0.2) is 36.7 Å².